The van der Waals surface area contributed by atoms with Crippen LogP contribution in [-0.4, -0.2) is 51.4 Å². The van der Waals surface area contributed by atoms with Gasteiger partial charge in [-0.2, -0.15) is 0 Å². The van der Waals surface area contributed by atoms with E-state index in [2.05, 4.69) is 15.0 Å². The number of aliphatic imine (C=N–C) groups is 1. The molecule has 0 amide bonds. The Bertz CT molecular complexity index is 930. The Hall–Kier alpha value is -2.98. The summed E-state index contributed by atoms with van der Waals surface area (Å²) in [4.78, 5) is 16.3. The first-order valence-electron chi connectivity index (χ1n) is 8.53. The predicted octanol–water partition coefficient (Wildman–Crippen LogP) is 1.58. The highest BCUT2D eigenvalue weighted by Crippen LogP contribution is 2.16. The number of hydrogen-bond donors (Lipinski definition) is 2. The van der Waals surface area contributed by atoms with Gasteiger partial charge in [0.05, 0.1) is 16.4 Å². The molecule has 0 bridgehead atoms. The number of hydrogen-bond acceptors (Lipinski definition) is 5. The van der Waals surface area contributed by atoms with Gasteiger partial charge >= 0.3 is 0 Å². The molecule has 0 aromatic heterocycles. The number of non-ortho nitro benzene ring substituents is 1. The van der Waals surface area contributed by atoms with Gasteiger partial charge in [-0.15, -0.1) is 0 Å². The molecule has 2 N–H and O–H groups in total. The van der Waals surface area contributed by atoms with Crippen LogP contribution >= 0.6 is 0 Å². The van der Waals surface area contributed by atoms with Gasteiger partial charge < -0.3 is 10.2 Å². The Kier molecular flexibility index (Phi) is 7.47. The van der Waals surface area contributed by atoms with Gasteiger partial charge in [0.25, 0.3) is 5.69 Å². The zero-order chi connectivity index (χ0) is 20.6. The number of rotatable bonds is 8. The van der Waals surface area contributed by atoms with Gasteiger partial charge in [-0.05, 0) is 11.6 Å². The van der Waals surface area contributed by atoms with E-state index in [1.54, 1.807) is 4.90 Å². The summed E-state index contributed by atoms with van der Waals surface area (Å²) in [6, 6.07) is 14.7. The number of benzene rings is 2. The van der Waals surface area contributed by atoms with Gasteiger partial charge in [0.15, 0.2) is 5.96 Å². The number of nitrogens with one attached hydrogen (secondary N) is 2. The molecule has 0 unspecified atom stereocenters. The Morgan fingerprint density at radius 2 is 1.82 bits per heavy atom. The van der Waals surface area contributed by atoms with Crippen molar-refractivity contribution in [3.63, 3.8) is 0 Å². The summed E-state index contributed by atoms with van der Waals surface area (Å²) < 4.78 is 27.0. The highest BCUT2D eigenvalue weighted by Gasteiger charge is 2.17. The molecular weight excluding hydrogens is 382 g/mol. The number of nitro benzene ring substituents is 1. The molecule has 0 heterocycles. The van der Waals surface area contributed by atoms with Crippen LogP contribution in [0.4, 0.5) is 5.69 Å². The SMILES string of the molecule is CN(C)C(=NCc1ccccc1)NCCNS(=O)(=O)c1cccc([N+](=O)[O-])c1. The second-order valence-corrected chi connectivity index (χ2v) is 7.87. The lowest BCUT2D eigenvalue weighted by Gasteiger charge is -2.18. The van der Waals surface area contributed by atoms with Gasteiger partial charge in [0.1, 0.15) is 0 Å². The molecule has 2 aromatic rings. The van der Waals surface area contributed by atoms with Crippen LogP contribution in [0.15, 0.2) is 64.5 Å². The van der Waals surface area contributed by atoms with E-state index in [0.29, 0.717) is 19.0 Å². The first-order valence-corrected chi connectivity index (χ1v) is 10.0. The van der Waals surface area contributed by atoms with E-state index in [1.807, 2.05) is 44.4 Å². The van der Waals surface area contributed by atoms with Gasteiger partial charge in [-0.1, -0.05) is 36.4 Å². The van der Waals surface area contributed by atoms with E-state index in [0.717, 1.165) is 11.6 Å². The van der Waals surface area contributed by atoms with E-state index in [1.165, 1.54) is 18.2 Å². The van der Waals surface area contributed by atoms with Gasteiger partial charge in [-0.3, -0.25) is 10.1 Å². The largest absolute Gasteiger partial charge is 0.355 e. The van der Waals surface area contributed by atoms with Crippen LogP contribution in [0, 0.1) is 10.1 Å². The van der Waals surface area contributed by atoms with Crippen LogP contribution in [-0.2, 0) is 16.6 Å². The van der Waals surface area contributed by atoms with Crippen molar-refractivity contribution in [3.05, 3.63) is 70.3 Å². The molecule has 2 rings (SSSR count). The molecule has 0 aliphatic rings. The lowest BCUT2D eigenvalue weighted by Crippen LogP contribution is -2.41. The van der Waals surface area contributed by atoms with Crippen molar-refractivity contribution < 1.29 is 13.3 Å². The summed E-state index contributed by atoms with van der Waals surface area (Å²) in [5.74, 6) is 0.624. The molecule has 9 nitrogen and oxygen atoms in total. The Morgan fingerprint density at radius 3 is 2.46 bits per heavy atom. The zero-order valence-electron chi connectivity index (χ0n) is 15.7. The Labute approximate surface area is 164 Å². The quantitative estimate of drug-likeness (QED) is 0.226. The van der Waals surface area contributed by atoms with E-state index in [-0.39, 0.29) is 17.1 Å². The molecule has 0 atom stereocenters. The molecule has 0 aliphatic heterocycles. The number of nitro groups is 1. The van der Waals surface area contributed by atoms with Crippen LogP contribution in [0.3, 0.4) is 0 Å². The monoisotopic (exact) mass is 405 g/mol. The smallest absolute Gasteiger partial charge is 0.270 e. The van der Waals surface area contributed by atoms with Crippen molar-refractivity contribution in [1.29, 1.82) is 0 Å². The molecule has 0 spiro atoms. The first kappa shape index (κ1) is 21.3. The lowest BCUT2D eigenvalue weighted by molar-refractivity contribution is -0.385. The second-order valence-electron chi connectivity index (χ2n) is 6.10. The molecule has 150 valence electrons. The fraction of sp³-hybridized carbons (Fsp3) is 0.278. The van der Waals surface area contributed by atoms with E-state index in [9.17, 15) is 18.5 Å². The molecule has 0 saturated carbocycles. The number of sulfonamides is 1. The lowest BCUT2D eigenvalue weighted by atomic mass is 10.2. The topological polar surface area (TPSA) is 117 Å². The highest BCUT2D eigenvalue weighted by atomic mass is 32.2. The van der Waals surface area contributed by atoms with Crippen LogP contribution in [0.1, 0.15) is 5.56 Å². The minimum Gasteiger partial charge on any atom is -0.355 e. The Balaban J connectivity index is 1.92. The van der Waals surface area contributed by atoms with Gasteiger partial charge in [0, 0.05) is 39.3 Å². The van der Waals surface area contributed by atoms with Crippen molar-refractivity contribution in [2.24, 2.45) is 4.99 Å². The standard InChI is InChI=1S/C18H23N5O4S/c1-22(2)18(20-14-15-7-4-3-5-8-15)19-11-12-21-28(26,27)17-10-6-9-16(13-17)23(24)25/h3-10,13,21H,11-12,14H2,1-2H3,(H,19,20). The average molecular weight is 405 g/mol. The average Bonchev–Trinajstić information content (AvgIpc) is 2.68. The summed E-state index contributed by atoms with van der Waals surface area (Å²) >= 11 is 0. The maximum Gasteiger partial charge on any atom is 0.270 e. The van der Waals surface area contributed by atoms with Gasteiger partial charge in [-0.25, -0.2) is 18.1 Å². The third kappa shape index (κ3) is 6.32. The molecule has 0 fully saturated rings. The maximum absolute atomic E-state index is 12.3. The summed E-state index contributed by atoms with van der Waals surface area (Å²) in [5, 5.41) is 13.9. The first-order chi connectivity index (χ1) is 13.3. The summed E-state index contributed by atoms with van der Waals surface area (Å²) in [6.45, 7) is 0.907. The number of guanidine groups is 1. The second kappa shape index (κ2) is 9.81. The summed E-state index contributed by atoms with van der Waals surface area (Å²) in [6.07, 6.45) is 0. The molecule has 0 aliphatic carbocycles. The third-order valence-corrected chi connectivity index (χ3v) is 5.18. The molecule has 0 radical (unpaired) electrons. The van der Waals surface area contributed by atoms with Crippen LogP contribution < -0.4 is 10.0 Å². The third-order valence-electron chi connectivity index (χ3n) is 3.72. The highest BCUT2D eigenvalue weighted by molar-refractivity contribution is 7.89. The fourth-order valence-electron chi connectivity index (χ4n) is 2.31. The molecule has 2 aromatic carbocycles. The Morgan fingerprint density at radius 1 is 1.11 bits per heavy atom. The molecule has 0 saturated heterocycles. The summed E-state index contributed by atoms with van der Waals surface area (Å²) in [7, 11) is -0.163. The van der Waals surface area contributed by atoms with Crippen molar-refractivity contribution in [2.45, 2.75) is 11.4 Å². The molecular formula is C18H23N5O4S. The van der Waals surface area contributed by atoms with Crippen molar-refractivity contribution in [1.82, 2.24) is 14.9 Å². The fourth-order valence-corrected chi connectivity index (χ4v) is 3.38. The minimum atomic E-state index is -3.84. The predicted molar refractivity (Wildman–Crippen MR) is 108 cm³/mol. The van der Waals surface area contributed by atoms with Gasteiger partial charge in [0.2, 0.25) is 10.0 Å². The number of nitrogens with zero attached hydrogens (tertiary/aromatic N) is 3. The van der Waals surface area contributed by atoms with E-state index in [4.69, 9.17) is 0 Å². The van der Waals surface area contributed by atoms with E-state index < -0.39 is 14.9 Å². The maximum atomic E-state index is 12.3. The summed E-state index contributed by atoms with van der Waals surface area (Å²) in [5.41, 5.74) is 0.791. The van der Waals surface area contributed by atoms with Crippen molar-refractivity contribution in [2.75, 3.05) is 27.2 Å². The van der Waals surface area contributed by atoms with Crippen molar-refractivity contribution >= 4 is 21.7 Å². The molecule has 10 heteroatoms. The normalized spacial score (nSPS) is 11.9. The molecule has 28 heavy (non-hydrogen) atoms. The van der Waals surface area contributed by atoms with E-state index >= 15 is 0 Å². The van der Waals surface area contributed by atoms with Crippen LogP contribution in [0.2, 0.25) is 0 Å². The minimum absolute atomic E-state index is 0.100. The van der Waals surface area contributed by atoms with Crippen LogP contribution in [0.25, 0.3) is 0 Å². The van der Waals surface area contributed by atoms with Crippen molar-refractivity contribution in [3.8, 4) is 0 Å². The zero-order valence-corrected chi connectivity index (χ0v) is 16.5. The van der Waals surface area contributed by atoms with Crippen LogP contribution in [0.5, 0.6) is 0 Å².